The van der Waals surface area contributed by atoms with Gasteiger partial charge < -0.3 is 10.1 Å². The van der Waals surface area contributed by atoms with Gasteiger partial charge in [-0.1, -0.05) is 12.1 Å². The van der Waals surface area contributed by atoms with Gasteiger partial charge in [-0.05, 0) is 30.6 Å². The van der Waals surface area contributed by atoms with E-state index in [-0.39, 0.29) is 18.8 Å². The Morgan fingerprint density at radius 3 is 3.07 bits per heavy atom. The number of hydrogen-bond donors (Lipinski definition) is 1. The van der Waals surface area contributed by atoms with E-state index in [9.17, 15) is 4.39 Å². The van der Waals surface area contributed by atoms with E-state index in [0.29, 0.717) is 12.1 Å². The molecule has 14 heavy (non-hydrogen) atoms. The van der Waals surface area contributed by atoms with Gasteiger partial charge in [0, 0.05) is 9.29 Å². The van der Waals surface area contributed by atoms with Gasteiger partial charge in [0.05, 0.1) is 14.1 Å². The minimum Gasteiger partial charge on any atom is -0.372 e. The van der Waals surface area contributed by atoms with Crippen molar-refractivity contribution in [2.75, 3.05) is 19.6 Å². The molecule has 0 amide bonds. The number of hydrogen-bond acceptors (Lipinski definition) is 2. The van der Waals surface area contributed by atoms with E-state index in [2.05, 4.69) is 5.32 Å². The van der Waals surface area contributed by atoms with Crippen molar-refractivity contribution in [2.24, 2.45) is 0 Å². The Hall–Kier alpha value is -0.930. The van der Waals surface area contributed by atoms with E-state index in [1.54, 1.807) is 0 Å². The Balaban J connectivity index is 2.30. The van der Waals surface area contributed by atoms with Crippen LogP contribution in [-0.2, 0) is 4.74 Å². The molecule has 1 heterocycles. The number of nitrogens with one attached hydrogen (secondary N) is 1. The van der Waals surface area contributed by atoms with Crippen LogP contribution in [0.2, 0.25) is 0 Å². The quantitative estimate of drug-likeness (QED) is 0.744. The third-order valence-electron chi connectivity index (χ3n) is 2.04. The molecule has 2 nitrogen and oxygen atoms in total. The molecule has 1 fully saturated rings. The third kappa shape index (κ3) is 2.30. The van der Waals surface area contributed by atoms with Gasteiger partial charge in [-0.15, -0.1) is 0 Å². The van der Waals surface area contributed by atoms with Crippen molar-refractivity contribution in [3.63, 3.8) is 0 Å². The Labute approximate surface area is 87.3 Å². The van der Waals surface area contributed by atoms with Gasteiger partial charge in [-0.3, -0.25) is 0 Å². The topological polar surface area (TPSA) is 21.3 Å². The standard InChI is InChI=1S/C11H14FNO/c12-10-3-1-9(2-4-10)11-5-6-13-7-8-14-11/h1-4,11,13H,5-8H2/i6D2,11D. The van der Waals surface area contributed by atoms with Crippen molar-refractivity contribution in [3.05, 3.63) is 35.6 Å². The molecule has 1 aliphatic rings. The van der Waals surface area contributed by atoms with Crippen LogP contribution in [0.25, 0.3) is 0 Å². The lowest BCUT2D eigenvalue weighted by molar-refractivity contribution is 0.0644. The molecule has 1 unspecified atom stereocenters. The van der Waals surface area contributed by atoms with Crippen molar-refractivity contribution >= 4 is 0 Å². The molecule has 0 spiro atoms. The van der Waals surface area contributed by atoms with Gasteiger partial charge in [0.1, 0.15) is 5.82 Å². The predicted molar refractivity (Wildman–Crippen MR) is 52.6 cm³/mol. The molecular formula is C11H14FNO. The zero-order valence-corrected chi connectivity index (χ0v) is 7.72. The molecule has 0 saturated carbocycles. The van der Waals surface area contributed by atoms with Crippen molar-refractivity contribution < 1.29 is 13.2 Å². The molecule has 76 valence electrons. The first-order valence-corrected chi connectivity index (χ1v) is 4.56. The van der Waals surface area contributed by atoms with Gasteiger partial charge in [0.2, 0.25) is 0 Å². The zero-order valence-electron chi connectivity index (χ0n) is 10.7. The van der Waals surface area contributed by atoms with Crippen LogP contribution >= 0.6 is 0 Å². The summed E-state index contributed by atoms with van der Waals surface area (Å²) in [6, 6.07) is 5.43. The van der Waals surface area contributed by atoms with Gasteiger partial charge >= 0.3 is 0 Å². The van der Waals surface area contributed by atoms with Crippen LogP contribution in [0.5, 0.6) is 0 Å². The van der Waals surface area contributed by atoms with Crippen molar-refractivity contribution in [1.29, 1.82) is 0 Å². The molecule has 1 N–H and O–H groups in total. The SMILES string of the molecule is [2H]C1([2H])CC([2H])(c2ccc(F)cc2)OCCN1. The molecule has 0 radical (unpaired) electrons. The maximum atomic E-state index is 12.8. The van der Waals surface area contributed by atoms with Crippen molar-refractivity contribution in [2.45, 2.75) is 12.5 Å². The van der Waals surface area contributed by atoms with Crippen molar-refractivity contribution in [1.82, 2.24) is 5.32 Å². The average molecular weight is 198 g/mol. The van der Waals surface area contributed by atoms with Crippen LogP contribution in [0.1, 0.15) is 22.2 Å². The first-order valence-electron chi connectivity index (χ1n) is 6.06. The van der Waals surface area contributed by atoms with Crippen LogP contribution in [-0.4, -0.2) is 19.6 Å². The first-order chi connectivity index (χ1) is 7.91. The summed E-state index contributed by atoms with van der Waals surface area (Å²) in [5.41, 5.74) is 0.464. The van der Waals surface area contributed by atoms with E-state index in [1.165, 1.54) is 24.3 Å². The minimum atomic E-state index is -1.66. The third-order valence-corrected chi connectivity index (χ3v) is 2.04. The van der Waals surface area contributed by atoms with Crippen LogP contribution < -0.4 is 5.32 Å². The number of ether oxygens (including phenoxy) is 1. The lowest BCUT2D eigenvalue weighted by Gasteiger charge is -2.14. The molecule has 0 aromatic heterocycles. The monoisotopic (exact) mass is 198 g/mol. The van der Waals surface area contributed by atoms with E-state index < -0.39 is 12.6 Å². The molecule has 1 atom stereocenters. The summed E-state index contributed by atoms with van der Waals surface area (Å²) in [6.07, 6.45) is -1.60. The summed E-state index contributed by atoms with van der Waals surface area (Å²) in [5, 5.41) is 2.67. The second-order valence-electron chi connectivity index (χ2n) is 3.06. The second-order valence-corrected chi connectivity index (χ2v) is 3.06. The smallest absolute Gasteiger partial charge is 0.123 e. The highest BCUT2D eigenvalue weighted by Gasteiger charge is 2.13. The highest BCUT2D eigenvalue weighted by atomic mass is 19.1. The van der Waals surface area contributed by atoms with Crippen molar-refractivity contribution in [3.8, 4) is 0 Å². The predicted octanol–water partition coefficient (Wildman–Crippen LogP) is 1.88. The van der Waals surface area contributed by atoms with E-state index in [0.717, 1.165) is 0 Å². The second kappa shape index (κ2) is 4.53. The molecule has 1 aromatic carbocycles. The maximum absolute atomic E-state index is 12.8. The fourth-order valence-electron chi connectivity index (χ4n) is 1.33. The molecule has 1 aliphatic heterocycles. The van der Waals surface area contributed by atoms with Gasteiger partial charge in [-0.25, -0.2) is 4.39 Å². The molecule has 0 aliphatic carbocycles. The zero-order chi connectivity index (χ0) is 12.5. The normalized spacial score (nSPS) is 35.1. The Morgan fingerprint density at radius 1 is 1.50 bits per heavy atom. The average Bonchev–Trinajstić information content (AvgIpc) is 2.38. The molecular weight excluding hydrogens is 181 g/mol. The van der Waals surface area contributed by atoms with E-state index in [4.69, 9.17) is 8.85 Å². The summed E-state index contributed by atoms with van der Waals surface area (Å²) in [4.78, 5) is 0. The van der Waals surface area contributed by atoms with Crippen LogP contribution in [0.4, 0.5) is 4.39 Å². The Kier molecular flexibility index (Phi) is 2.11. The van der Waals surface area contributed by atoms with E-state index >= 15 is 0 Å². The summed E-state index contributed by atoms with van der Waals surface area (Å²) in [6.45, 7) is -1.05. The van der Waals surface area contributed by atoms with Gasteiger partial charge in [0.15, 0.2) is 0 Å². The summed E-state index contributed by atoms with van der Waals surface area (Å²) in [5.74, 6) is -0.382. The van der Waals surface area contributed by atoms with Gasteiger partial charge in [0.25, 0.3) is 0 Å². The van der Waals surface area contributed by atoms with Crippen LogP contribution in [0, 0.1) is 5.82 Å². The molecule has 2 rings (SSSR count). The minimum absolute atomic E-state index is 0.133. The molecule has 1 aromatic rings. The molecule has 3 heteroatoms. The summed E-state index contributed by atoms with van der Waals surface area (Å²) >= 11 is 0. The van der Waals surface area contributed by atoms with Crippen LogP contribution in [0.15, 0.2) is 24.3 Å². The largest absolute Gasteiger partial charge is 0.372 e. The van der Waals surface area contributed by atoms with Crippen LogP contribution in [0.3, 0.4) is 0 Å². The lowest BCUT2D eigenvalue weighted by atomic mass is 10.1. The summed E-state index contributed by atoms with van der Waals surface area (Å²) < 4.78 is 41.8. The summed E-state index contributed by atoms with van der Waals surface area (Å²) in [7, 11) is 0. The highest BCUT2D eigenvalue weighted by molar-refractivity contribution is 5.18. The lowest BCUT2D eigenvalue weighted by Crippen LogP contribution is -2.16. The number of rotatable bonds is 1. The highest BCUT2D eigenvalue weighted by Crippen LogP contribution is 2.21. The number of halogens is 1. The fraction of sp³-hybridized carbons (Fsp3) is 0.455. The number of benzene rings is 1. The maximum Gasteiger partial charge on any atom is 0.123 e. The molecule has 1 saturated heterocycles. The van der Waals surface area contributed by atoms with E-state index in [1.807, 2.05) is 0 Å². The Bertz CT molecular complexity index is 398. The Morgan fingerprint density at radius 2 is 2.29 bits per heavy atom. The first kappa shape index (κ1) is 6.53. The fourth-order valence-corrected chi connectivity index (χ4v) is 1.33. The van der Waals surface area contributed by atoms with Gasteiger partial charge in [-0.2, -0.15) is 0 Å². The molecule has 0 bridgehead atoms.